The smallest absolute Gasteiger partial charge is 0.251 e. The number of aromatic amines is 1. The summed E-state index contributed by atoms with van der Waals surface area (Å²) in [5.74, 6) is 1.36. The minimum Gasteiger partial charge on any atom is -0.486 e. The first-order valence-corrected chi connectivity index (χ1v) is 8.94. The highest BCUT2D eigenvalue weighted by molar-refractivity contribution is 5.83. The van der Waals surface area contributed by atoms with E-state index in [4.69, 9.17) is 9.47 Å². The number of hydrogen-bond donors (Lipinski definition) is 2. The van der Waals surface area contributed by atoms with E-state index < -0.39 is 0 Å². The third-order valence-electron chi connectivity index (χ3n) is 4.93. The number of carbonyl (C=O) groups is 1. The van der Waals surface area contributed by atoms with Crippen molar-refractivity contribution < 1.29 is 14.3 Å². The van der Waals surface area contributed by atoms with Gasteiger partial charge in [0.15, 0.2) is 11.5 Å². The molecule has 1 aliphatic heterocycles. The lowest BCUT2D eigenvalue weighted by molar-refractivity contribution is -0.121. The molecule has 0 saturated heterocycles. The SMILES string of the molecule is O=C(CCc1cc2cc3c(cc2[nH]c1=O)OCCO3)NC1CCCC1. The summed E-state index contributed by atoms with van der Waals surface area (Å²) in [6.07, 6.45) is 5.26. The first-order chi connectivity index (χ1) is 12.2. The molecule has 1 fully saturated rings. The molecule has 1 amide bonds. The molecule has 1 aliphatic carbocycles. The maximum atomic E-state index is 12.3. The third-order valence-corrected chi connectivity index (χ3v) is 4.93. The van der Waals surface area contributed by atoms with Crippen molar-refractivity contribution in [3.63, 3.8) is 0 Å². The van der Waals surface area contributed by atoms with Gasteiger partial charge < -0.3 is 19.8 Å². The fourth-order valence-electron chi connectivity index (χ4n) is 3.59. The zero-order valence-electron chi connectivity index (χ0n) is 14.1. The Kier molecular flexibility index (Phi) is 4.34. The van der Waals surface area contributed by atoms with E-state index in [9.17, 15) is 9.59 Å². The van der Waals surface area contributed by atoms with Gasteiger partial charge in [-0.25, -0.2) is 0 Å². The van der Waals surface area contributed by atoms with Crippen molar-refractivity contribution in [2.45, 2.75) is 44.6 Å². The molecule has 0 bridgehead atoms. The lowest BCUT2D eigenvalue weighted by Gasteiger charge is -2.18. The van der Waals surface area contributed by atoms with Crippen molar-refractivity contribution >= 4 is 16.8 Å². The molecule has 0 unspecified atom stereocenters. The van der Waals surface area contributed by atoms with E-state index in [1.54, 1.807) is 6.07 Å². The monoisotopic (exact) mass is 342 g/mol. The number of aromatic nitrogens is 1. The van der Waals surface area contributed by atoms with Gasteiger partial charge in [0.2, 0.25) is 5.91 Å². The minimum atomic E-state index is -0.155. The number of nitrogens with one attached hydrogen (secondary N) is 2. The number of H-pyrrole nitrogens is 1. The third kappa shape index (κ3) is 3.48. The number of carbonyl (C=O) groups excluding carboxylic acids is 1. The molecular formula is C19H22N2O4. The van der Waals surface area contributed by atoms with Crippen LogP contribution in [0.2, 0.25) is 0 Å². The summed E-state index contributed by atoms with van der Waals surface area (Å²) in [7, 11) is 0. The maximum absolute atomic E-state index is 12.3. The van der Waals surface area contributed by atoms with Crippen molar-refractivity contribution in [1.29, 1.82) is 0 Å². The van der Waals surface area contributed by atoms with Crippen molar-refractivity contribution in [2.75, 3.05) is 13.2 Å². The van der Waals surface area contributed by atoms with Crippen LogP contribution in [0.15, 0.2) is 23.0 Å². The minimum absolute atomic E-state index is 0.0218. The van der Waals surface area contributed by atoms with Crippen LogP contribution >= 0.6 is 0 Å². The molecule has 2 N–H and O–H groups in total. The number of rotatable bonds is 4. The zero-order valence-corrected chi connectivity index (χ0v) is 14.1. The van der Waals surface area contributed by atoms with Crippen LogP contribution in [0.3, 0.4) is 0 Å². The van der Waals surface area contributed by atoms with Crippen LogP contribution in [0.1, 0.15) is 37.7 Å². The Labute approximate surface area is 145 Å². The van der Waals surface area contributed by atoms with E-state index in [2.05, 4.69) is 10.3 Å². The second-order valence-corrected chi connectivity index (χ2v) is 6.76. The van der Waals surface area contributed by atoms with Crippen LogP contribution in [0.5, 0.6) is 11.5 Å². The highest BCUT2D eigenvalue weighted by Gasteiger charge is 2.18. The standard InChI is InChI=1S/C19H22N2O4/c22-18(20-14-3-1-2-4-14)6-5-12-9-13-10-16-17(25-8-7-24-16)11-15(13)21-19(12)23/h9-11,14H,1-8H2,(H,20,22)(H,21,23). The number of amides is 1. The van der Waals surface area contributed by atoms with Crippen molar-refractivity contribution in [1.82, 2.24) is 10.3 Å². The lowest BCUT2D eigenvalue weighted by atomic mass is 10.1. The summed E-state index contributed by atoms with van der Waals surface area (Å²) in [6.45, 7) is 1.03. The molecule has 0 spiro atoms. The average Bonchev–Trinajstić information content (AvgIpc) is 3.11. The van der Waals surface area contributed by atoms with Crippen LogP contribution in [-0.4, -0.2) is 30.1 Å². The quantitative estimate of drug-likeness (QED) is 0.893. The summed E-state index contributed by atoms with van der Waals surface area (Å²) in [5, 5.41) is 3.94. The largest absolute Gasteiger partial charge is 0.486 e. The number of aryl methyl sites for hydroxylation is 1. The molecule has 1 saturated carbocycles. The van der Waals surface area contributed by atoms with Gasteiger partial charge in [0.05, 0.1) is 5.52 Å². The molecule has 132 valence electrons. The Morgan fingerprint density at radius 2 is 1.84 bits per heavy atom. The van der Waals surface area contributed by atoms with Gasteiger partial charge in [-0.2, -0.15) is 0 Å². The van der Waals surface area contributed by atoms with Crippen LogP contribution < -0.4 is 20.3 Å². The predicted octanol–water partition coefficient (Wildman–Crippen LogP) is 2.29. The summed E-state index contributed by atoms with van der Waals surface area (Å²) < 4.78 is 11.1. The molecule has 2 aliphatic rings. The van der Waals surface area contributed by atoms with E-state index in [0.717, 1.165) is 18.2 Å². The molecule has 4 rings (SSSR count). The van der Waals surface area contributed by atoms with Gasteiger partial charge in [0.25, 0.3) is 5.56 Å². The topological polar surface area (TPSA) is 80.4 Å². The molecule has 0 radical (unpaired) electrons. The Hall–Kier alpha value is -2.50. The van der Waals surface area contributed by atoms with Crippen LogP contribution in [0.25, 0.3) is 10.9 Å². The molecule has 25 heavy (non-hydrogen) atoms. The van der Waals surface area contributed by atoms with Crippen LogP contribution in [0.4, 0.5) is 0 Å². The number of benzene rings is 1. The molecule has 2 aromatic rings. The Morgan fingerprint density at radius 3 is 2.60 bits per heavy atom. The molecule has 1 aromatic carbocycles. The number of pyridine rings is 1. The fourth-order valence-corrected chi connectivity index (χ4v) is 3.59. The summed E-state index contributed by atoms with van der Waals surface area (Å²) >= 11 is 0. The zero-order chi connectivity index (χ0) is 17.2. The number of fused-ring (bicyclic) bond motifs is 2. The second kappa shape index (κ2) is 6.78. The fraction of sp³-hybridized carbons (Fsp3) is 0.474. The highest BCUT2D eigenvalue weighted by atomic mass is 16.6. The summed E-state index contributed by atoms with van der Waals surface area (Å²) in [5.41, 5.74) is 1.18. The van der Waals surface area contributed by atoms with Gasteiger partial charge in [-0.3, -0.25) is 9.59 Å². The van der Waals surface area contributed by atoms with Gasteiger partial charge in [0, 0.05) is 29.5 Å². The van der Waals surface area contributed by atoms with E-state index in [0.29, 0.717) is 54.7 Å². The number of hydrogen-bond acceptors (Lipinski definition) is 4. The first kappa shape index (κ1) is 16.0. The van der Waals surface area contributed by atoms with Gasteiger partial charge >= 0.3 is 0 Å². The molecular weight excluding hydrogens is 320 g/mol. The van der Waals surface area contributed by atoms with Crippen LogP contribution in [0, 0.1) is 0 Å². The number of ether oxygens (including phenoxy) is 2. The lowest BCUT2D eigenvalue weighted by Crippen LogP contribution is -2.33. The van der Waals surface area contributed by atoms with E-state index in [1.165, 1.54) is 12.8 Å². The van der Waals surface area contributed by atoms with Gasteiger partial charge in [0.1, 0.15) is 13.2 Å². The molecule has 6 heteroatoms. The van der Waals surface area contributed by atoms with E-state index >= 15 is 0 Å². The molecule has 1 aromatic heterocycles. The average molecular weight is 342 g/mol. The van der Waals surface area contributed by atoms with E-state index in [-0.39, 0.29) is 11.5 Å². The molecule has 0 atom stereocenters. The van der Waals surface area contributed by atoms with Gasteiger partial charge in [-0.15, -0.1) is 0 Å². The van der Waals surface area contributed by atoms with Crippen LogP contribution in [-0.2, 0) is 11.2 Å². The first-order valence-electron chi connectivity index (χ1n) is 8.94. The molecule has 2 heterocycles. The predicted molar refractivity (Wildman–Crippen MR) is 94.3 cm³/mol. The van der Waals surface area contributed by atoms with Crippen molar-refractivity contribution in [3.05, 3.63) is 34.1 Å². The summed E-state index contributed by atoms with van der Waals surface area (Å²) in [6, 6.07) is 5.82. The Morgan fingerprint density at radius 1 is 1.12 bits per heavy atom. The normalized spacial score (nSPS) is 17.0. The Balaban J connectivity index is 1.50. The summed E-state index contributed by atoms with van der Waals surface area (Å²) in [4.78, 5) is 27.3. The Bertz CT molecular complexity index is 852. The van der Waals surface area contributed by atoms with Gasteiger partial charge in [-0.1, -0.05) is 12.8 Å². The maximum Gasteiger partial charge on any atom is 0.251 e. The molecule has 6 nitrogen and oxygen atoms in total. The highest BCUT2D eigenvalue weighted by Crippen LogP contribution is 2.33. The van der Waals surface area contributed by atoms with Crippen molar-refractivity contribution in [2.24, 2.45) is 0 Å². The van der Waals surface area contributed by atoms with Crippen molar-refractivity contribution in [3.8, 4) is 11.5 Å². The van der Waals surface area contributed by atoms with E-state index in [1.807, 2.05) is 12.1 Å². The second-order valence-electron chi connectivity index (χ2n) is 6.76. The van der Waals surface area contributed by atoms with Gasteiger partial charge in [-0.05, 0) is 31.4 Å².